The quantitative estimate of drug-likeness (QED) is 0.622. The number of rotatable bonds is 2. The van der Waals surface area contributed by atoms with Crippen LogP contribution in [-0.4, -0.2) is 18.4 Å². The van der Waals surface area contributed by atoms with Crippen molar-refractivity contribution in [3.63, 3.8) is 0 Å². The largest absolute Gasteiger partial charge is 0.282 e. The van der Waals surface area contributed by atoms with Crippen molar-refractivity contribution in [1.82, 2.24) is 0 Å². The second-order valence-electron chi connectivity index (χ2n) is 3.02. The van der Waals surface area contributed by atoms with Gasteiger partial charge in [-0.3, -0.25) is 0 Å². The summed E-state index contributed by atoms with van der Waals surface area (Å²) in [4.78, 5) is 0.0977. The molecule has 0 aliphatic heterocycles. The average molecular weight is 301 g/mol. The Bertz CT molecular complexity index is 506. The summed E-state index contributed by atoms with van der Waals surface area (Å²) in [5, 5.41) is 0. The van der Waals surface area contributed by atoms with Crippen LogP contribution in [0, 0.1) is 6.92 Å². The standard InChI is InChI=1S/C9H8Cl3NO2S/c1-7-4-2-3-5-8(7)16(14,15)13-6-9(10,11)12/h2-6H,1H3. The highest BCUT2D eigenvalue weighted by molar-refractivity contribution is 7.90. The Morgan fingerprint density at radius 3 is 2.31 bits per heavy atom. The highest BCUT2D eigenvalue weighted by Gasteiger charge is 2.20. The number of benzene rings is 1. The Balaban J connectivity index is 3.15. The summed E-state index contributed by atoms with van der Waals surface area (Å²) >= 11 is 16.2. The Kier molecular flexibility index (Phi) is 4.23. The van der Waals surface area contributed by atoms with Gasteiger partial charge in [0.1, 0.15) is 0 Å². The summed E-state index contributed by atoms with van der Waals surface area (Å²) in [5.41, 5.74) is 0.587. The third kappa shape index (κ3) is 3.94. The minimum absolute atomic E-state index is 0.0977. The first kappa shape index (κ1) is 13.8. The summed E-state index contributed by atoms with van der Waals surface area (Å²) in [6.45, 7) is 1.66. The van der Waals surface area contributed by atoms with Crippen molar-refractivity contribution in [2.24, 2.45) is 4.40 Å². The van der Waals surface area contributed by atoms with E-state index >= 15 is 0 Å². The maximum absolute atomic E-state index is 11.7. The predicted octanol–water partition coefficient (Wildman–Crippen LogP) is 3.12. The van der Waals surface area contributed by atoms with Gasteiger partial charge in [0, 0.05) is 0 Å². The van der Waals surface area contributed by atoms with Crippen LogP contribution in [0.15, 0.2) is 33.6 Å². The van der Waals surface area contributed by atoms with E-state index in [1.807, 2.05) is 0 Å². The SMILES string of the molecule is Cc1ccccc1S(=O)(=O)N=CC(Cl)(Cl)Cl. The van der Waals surface area contributed by atoms with Crippen LogP contribution < -0.4 is 0 Å². The van der Waals surface area contributed by atoms with E-state index in [0.717, 1.165) is 6.21 Å². The molecule has 0 N–H and O–H groups in total. The molecule has 0 amide bonds. The van der Waals surface area contributed by atoms with E-state index in [0.29, 0.717) is 5.56 Å². The molecule has 1 rings (SSSR count). The van der Waals surface area contributed by atoms with Gasteiger partial charge in [-0.25, -0.2) is 0 Å². The highest BCUT2D eigenvalue weighted by Crippen LogP contribution is 2.24. The first-order chi connectivity index (χ1) is 7.22. The van der Waals surface area contributed by atoms with Gasteiger partial charge in [-0.2, -0.15) is 12.8 Å². The van der Waals surface area contributed by atoms with Crippen molar-refractivity contribution >= 4 is 51.0 Å². The zero-order chi connectivity index (χ0) is 12.4. The Labute approximate surface area is 109 Å². The van der Waals surface area contributed by atoms with Crippen LogP contribution in [-0.2, 0) is 10.0 Å². The number of nitrogens with zero attached hydrogens (tertiary/aromatic N) is 1. The zero-order valence-electron chi connectivity index (χ0n) is 8.19. The molecule has 3 nitrogen and oxygen atoms in total. The van der Waals surface area contributed by atoms with Crippen molar-refractivity contribution in [2.45, 2.75) is 15.6 Å². The molecule has 16 heavy (non-hydrogen) atoms. The molecule has 0 aromatic heterocycles. The third-order valence-corrected chi connectivity index (χ3v) is 3.40. The van der Waals surface area contributed by atoms with E-state index in [4.69, 9.17) is 34.8 Å². The van der Waals surface area contributed by atoms with E-state index in [1.165, 1.54) is 6.07 Å². The molecular weight excluding hydrogens is 293 g/mol. The lowest BCUT2D eigenvalue weighted by Crippen LogP contribution is -2.07. The molecule has 0 saturated heterocycles. The van der Waals surface area contributed by atoms with Gasteiger partial charge in [0.15, 0.2) is 0 Å². The van der Waals surface area contributed by atoms with Crippen LogP contribution >= 0.6 is 34.8 Å². The van der Waals surface area contributed by atoms with Crippen LogP contribution in [0.4, 0.5) is 0 Å². The zero-order valence-corrected chi connectivity index (χ0v) is 11.3. The number of alkyl halides is 3. The molecule has 0 unspecified atom stereocenters. The van der Waals surface area contributed by atoms with Gasteiger partial charge in [-0.1, -0.05) is 53.0 Å². The molecule has 1 aromatic rings. The summed E-state index contributed by atoms with van der Waals surface area (Å²) in [7, 11) is -3.81. The van der Waals surface area contributed by atoms with Crippen LogP contribution in [0.3, 0.4) is 0 Å². The maximum atomic E-state index is 11.7. The summed E-state index contributed by atoms with van der Waals surface area (Å²) in [5.74, 6) is 0. The van der Waals surface area contributed by atoms with E-state index < -0.39 is 13.8 Å². The monoisotopic (exact) mass is 299 g/mol. The second kappa shape index (κ2) is 4.92. The molecule has 0 bridgehead atoms. The number of hydrogen-bond donors (Lipinski definition) is 0. The van der Waals surface area contributed by atoms with Crippen molar-refractivity contribution < 1.29 is 8.42 Å². The molecule has 0 atom stereocenters. The normalized spacial score (nSPS) is 13.2. The number of halogens is 3. The fourth-order valence-electron chi connectivity index (χ4n) is 1.03. The molecule has 0 saturated carbocycles. The smallest absolute Gasteiger partial charge is 0.199 e. The molecule has 7 heteroatoms. The second-order valence-corrected chi connectivity index (χ2v) is 6.99. The van der Waals surface area contributed by atoms with Gasteiger partial charge in [0.05, 0.1) is 11.1 Å². The first-order valence-corrected chi connectivity index (χ1v) is 6.74. The van der Waals surface area contributed by atoms with Crippen molar-refractivity contribution in [3.8, 4) is 0 Å². The van der Waals surface area contributed by atoms with Crippen LogP contribution in [0.1, 0.15) is 5.56 Å². The maximum Gasteiger partial charge on any atom is 0.282 e. The Morgan fingerprint density at radius 2 is 1.81 bits per heavy atom. The number of sulfonamides is 1. The van der Waals surface area contributed by atoms with Crippen molar-refractivity contribution in [1.29, 1.82) is 0 Å². The molecule has 0 heterocycles. The average Bonchev–Trinajstić information content (AvgIpc) is 2.14. The van der Waals surface area contributed by atoms with Crippen molar-refractivity contribution in [3.05, 3.63) is 29.8 Å². The van der Waals surface area contributed by atoms with Crippen LogP contribution in [0.2, 0.25) is 0 Å². The van der Waals surface area contributed by atoms with Crippen LogP contribution in [0.25, 0.3) is 0 Å². The van der Waals surface area contributed by atoms with Gasteiger partial charge in [-0.15, -0.1) is 0 Å². The van der Waals surface area contributed by atoms with Gasteiger partial charge < -0.3 is 0 Å². The van der Waals surface area contributed by atoms with Crippen LogP contribution in [0.5, 0.6) is 0 Å². The van der Waals surface area contributed by atoms with E-state index in [2.05, 4.69) is 4.40 Å². The lowest BCUT2D eigenvalue weighted by molar-refractivity contribution is 0.597. The number of aryl methyl sites for hydroxylation is 1. The summed E-state index contributed by atoms with van der Waals surface area (Å²) in [6, 6.07) is 6.44. The topological polar surface area (TPSA) is 46.5 Å². The predicted molar refractivity (Wildman–Crippen MR) is 67.1 cm³/mol. The lowest BCUT2D eigenvalue weighted by Gasteiger charge is -2.04. The van der Waals surface area contributed by atoms with E-state index in [1.54, 1.807) is 25.1 Å². The fraction of sp³-hybridized carbons (Fsp3) is 0.222. The van der Waals surface area contributed by atoms with Gasteiger partial charge >= 0.3 is 0 Å². The highest BCUT2D eigenvalue weighted by atomic mass is 35.6. The number of hydrogen-bond acceptors (Lipinski definition) is 2. The van der Waals surface area contributed by atoms with E-state index in [-0.39, 0.29) is 4.90 Å². The minimum Gasteiger partial charge on any atom is -0.199 e. The van der Waals surface area contributed by atoms with Crippen molar-refractivity contribution in [2.75, 3.05) is 0 Å². The molecular formula is C9H8Cl3NO2S. The summed E-state index contributed by atoms with van der Waals surface area (Å²) in [6.07, 6.45) is 0.763. The molecule has 88 valence electrons. The fourth-order valence-corrected chi connectivity index (χ4v) is 2.49. The Morgan fingerprint density at radius 1 is 1.25 bits per heavy atom. The molecule has 0 radical (unpaired) electrons. The molecule has 1 aromatic carbocycles. The molecule has 0 aliphatic carbocycles. The third-order valence-electron chi connectivity index (χ3n) is 1.71. The molecule has 0 aliphatic rings. The first-order valence-electron chi connectivity index (χ1n) is 4.16. The minimum atomic E-state index is -3.81. The molecule has 0 fully saturated rings. The van der Waals surface area contributed by atoms with Gasteiger partial charge in [0.2, 0.25) is 3.79 Å². The van der Waals surface area contributed by atoms with Gasteiger partial charge in [-0.05, 0) is 18.6 Å². The van der Waals surface area contributed by atoms with E-state index in [9.17, 15) is 8.42 Å². The Hall–Kier alpha value is -0.290. The molecule has 0 spiro atoms. The summed E-state index contributed by atoms with van der Waals surface area (Å²) < 4.78 is 24.9. The lowest BCUT2D eigenvalue weighted by atomic mass is 10.2. The van der Waals surface area contributed by atoms with Gasteiger partial charge in [0.25, 0.3) is 10.0 Å².